The number of nitrogens with zero attached hydrogens (tertiary/aromatic N) is 2. The maximum Gasteiger partial charge on any atom is 0.317 e. The molecule has 1 aromatic heterocycles. The number of rotatable bonds is 3. The lowest BCUT2D eigenvalue weighted by atomic mass is 10.0. The van der Waals surface area contributed by atoms with Crippen LogP contribution in [0, 0.1) is 0 Å². The van der Waals surface area contributed by atoms with E-state index in [1.54, 1.807) is 25.4 Å². The Hall–Kier alpha value is -1.56. The van der Waals surface area contributed by atoms with Crippen molar-refractivity contribution in [3.05, 3.63) is 22.4 Å². The molecule has 6 heteroatoms. The summed E-state index contributed by atoms with van der Waals surface area (Å²) in [4.78, 5) is 28.3. The maximum atomic E-state index is 12.1. The Balaban J connectivity index is 1.76. The first kappa shape index (κ1) is 14.8. The SMILES string of the molecule is CN(C)C(=O)NC1CCN(C(=O)Cc2cccs2)CC1. The summed E-state index contributed by atoms with van der Waals surface area (Å²) in [6, 6.07) is 4.08. The van der Waals surface area contributed by atoms with Gasteiger partial charge in [0.1, 0.15) is 0 Å². The number of urea groups is 1. The van der Waals surface area contributed by atoms with Crippen molar-refractivity contribution in [2.75, 3.05) is 27.2 Å². The van der Waals surface area contributed by atoms with Crippen LogP contribution in [-0.4, -0.2) is 55.0 Å². The summed E-state index contributed by atoms with van der Waals surface area (Å²) in [5.41, 5.74) is 0. The lowest BCUT2D eigenvalue weighted by Gasteiger charge is -2.33. The number of likely N-dealkylation sites (tertiary alicyclic amines) is 1. The molecule has 2 heterocycles. The first-order valence-corrected chi connectivity index (χ1v) is 7.72. The minimum Gasteiger partial charge on any atom is -0.342 e. The molecule has 0 bridgehead atoms. The fraction of sp³-hybridized carbons (Fsp3) is 0.571. The number of thiophene rings is 1. The van der Waals surface area contributed by atoms with Crippen molar-refractivity contribution >= 4 is 23.3 Å². The molecule has 3 amide bonds. The van der Waals surface area contributed by atoms with Crippen LogP contribution in [0.15, 0.2) is 17.5 Å². The molecule has 0 radical (unpaired) electrons. The Bertz CT molecular complexity index is 451. The molecule has 0 aromatic carbocycles. The van der Waals surface area contributed by atoms with E-state index in [9.17, 15) is 9.59 Å². The van der Waals surface area contributed by atoms with Crippen molar-refractivity contribution in [3.63, 3.8) is 0 Å². The normalized spacial score (nSPS) is 16.0. The third kappa shape index (κ3) is 3.96. The average molecular weight is 295 g/mol. The second-order valence-electron chi connectivity index (χ2n) is 5.26. The lowest BCUT2D eigenvalue weighted by Crippen LogP contribution is -2.49. The van der Waals surface area contributed by atoms with Gasteiger partial charge < -0.3 is 15.1 Å². The van der Waals surface area contributed by atoms with E-state index in [0.29, 0.717) is 6.42 Å². The molecule has 5 nitrogen and oxygen atoms in total. The molecule has 1 aliphatic rings. The molecule has 0 unspecified atom stereocenters. The summed E-state index contributed by atoms with van der Waals surface area (Å²) < 4.78 is 0. The summed E-state index contributed by atoms with van der Waals surface area (Å²) in [6.07, 6.45) is 2.15. The number of piperidine rings is 1. The van der Waals surface area contributed by atoms with Crippen molar-refractivity contribution in [2.24, 2.45) is 0 Å². The molecule has 0 aliphatic carbocycles. The first-order chi connectivity index (χ1) is 9.56. The Labute approximate surface area is 123 Å². The van der Waals surface area contributed by atoms with E-state index >= 15 is 0 Å². The Kier molecular flexibility index (Phi) is 5.00. The number of amides is 3. The number of hydrogen-bond acceptors (Lipinski definition) is 3. The van der Waals surface area contributed by atoms with E-state index in [1.807, 2.05) is 22.4 Å². The quantitative estimate of drug-likeness (QED) is 0.920. The van der Waals surface area contributed by atoms with Gasteiger partial charge in [0.15, 0.2) is 0 Å². The summed E-state index contributed by atoms with van der Waals surface area (Å²) >= 11 is 1.62. The van der Waals surface area contributed by atoms with Gasteiger partial charge in [0, 0.05) is 38.1 Å². The van der Waals surface area contributed by atoms with E-state index in [-0.39, 0.29) is 18.0 Å². The summed E-state index contributed by atoms with van der Waals surface area (Å²) in [6.45, 7) is 1.45. The van der Waals surface area contributed by atoms with Crippen molar-refractivity contribution in [2.45, 2.75) is 25.3 Å². The van der Waals surface area contributed by atoms with Crippen LogP contribution in [0.1, 0.15) is 17.7 Å². The highest BCUT2D eigenvalue weighted by molar-refractivity contribution is 7.10. The van der Waals surface area contributed by atoms with E-state index in [4.69, 9.17) is 0 Å². The average Bonchev–Trinajstić information content (AvgIpc) is 2.92. The van der Waals surface area contributed by atoms with Crippen LogP contribution in [0.4, 0.5) is 4.79 Å². The van der Waals surface area contributed by atoms with Crippen LogP contribution >= 0.6 is 11.3 Å². The maximum absolute atomic E-state index is 12.1. The number of carbonyl (C=O) groups excluding carboxylic acids is 2. The van der Waals surface area contributed by atoms with Gasteiger partial charge in [-0.25, -0.2) is 4.79 Å². The zero-order valence-corrected chi connectivity index (χ0v) is 12.8. The van der Waals surface area contributed by atoms with Crippen LogP contribution in [0.2, 0.25) is 0 Å². The van der Waals surface area contributed by atoms with Gasteiger partial charge in [-0.2, -0.15) is 0 Å². The molecule has 1 fully saturated rings. The van der Waals surface area contributed by atoms with Crippen LogP contribution in [-0.2, 0) is 11.2 Å². The summed E-state index contributed by atoms with van der Waals surface area (Å²) in [5, 5.41) is 4.97. The molecule has 0 spiro atoms. The predicted molar refractivity (Wildman–Crippen MR) is 79.8 cm³/mol. The minimum atomic E-state index is -0.0617. The molecule has 110 valence electrons. The second-order valence-corrected chi connectivity index (χ2v) is 6.29. The zero-order chi connectivity index (χ0) is 14.5. The van der Waals surface area contributed by atoms with Crippen LogP contribution in [0.25, 0.3) is 0 Å². The third-order valence-electron chi connectivity index (χ3n) is 3.49. The molecule has 1 N–H and O–H groups in total. The molecular formula is C14H21N3O2S. The standard InChI is InChI=1S/C14H21N3O2S/c1-16(2)14(19)15-11-5-7-17(8-6-11)13(18)10-12-4-3-9-20-12/h3-4,9,11H,5-8,10H2,1-2H3,(H,15,19). The summed E-state index contributed by atoms with van der Waals surface area (Å²) in [5.74, 6) is 0.185. The molecular weight excluding hydrogens is 274 g/mol. The van der Waals surface area contributed by atoms with Gasteiger partial charge >= 0.3 is 6.03 Å². The monoisotopic (exact) mass is 295 g/mol. The largest absolute Gasteiger partial charge is 0.342 e. The van der Waals surface area contributed by atoms with E-state index in [0.717, 1.165) is 30.8 Å². The highest BCUT2D eigenvalue weighted by Crippen LogP contribution is 2.15. The van der Waals surface area contributed by atoms with E-state index in [1.165, 1.54) is 4.90 Å². The van der Waals surface area contributed by atoms with Gasteiger partial charge in [0.25, 0.3) is 0 Å². The van der Waals surface area contributed by atoms with Crippen LogP contribution in [0.3, 0.4) is 0 Å². The van der Waals surface area contributed by atoms with Crippen molar-refractivity contribution in [1.29, 1.82) is 0 Å². The van der Waals surface area contributed by atoms with E-state index < -0.39 is 0 Å². The smallest absolute Gasteiger partial charge is 0.317 e. The second kappa shape index (κ2) is 6.74. The highest BCUT2D eigenvalue weighted by Gasteiger charge is 2.24. The van der Waals surface area contributed by atoms with Gasteiger partial charge in [-0.05, 0) is 24.3 Å². The first-order valence-electron chi connectivity index (χ1n) is 6.84. The van der Waals surface area contributed by atoms with Gasteiger partial charge in [-0.15, -0.1) is 11.3 Å². The van der Waals surface area contributed by atoms with Crippen molar-refractivity contribution in [3.8, 4) is 0 Å². The van der Waals surface area contributed by atoms with Gasteiger partial charge in [-0.3, -0.25) is 4.79 Å². The van der Waals surface area contributed by atoms with Gasteiger partial charge in [0.05, 0.1) is 6.42 Å². The molecule has 0 atom stereocenters. The molecule has 0 saturated carbocycles. The Morgan fingerprint density at radius 3 is 2.65 bits per heavy atom. The van der Waals surface area contributed by atoms with Crippen molar-refractivity contribution < 1.29 is 9.59 Å². The number of hydrogen-bond donors (Lipinski definition) is 1. The molecule has 20 heavy (non-hydrogen) atoms. The zero-order valence-electron chi connectivity index (χ0n) is 12.0. The molecule has 1 aliphatic heterocycles. The third-order valence-corrected chi connectivity index (χ3v) is 4.36. The fourth-order valence-electron chi connectivity index (χ4n) is 2.25. The fourth-order valence-corrected chi connectivity index (χ4v) is 2.95. The van der Waals surface area contributed by atoms with Crippen LogP contribution < -0.4 is 5.32 Å². The molecule has 1 aromatic rings. The van der Waals surface area contributed by atoms with Gasteiger partial charge in [-0.1, -0.05) is 6.07 Å². The van der Waals surface area contributed by atoms with Gasteiger partial charge in [0.2, 0.25) is 5.91 Å². The Morgan fingerprint density at radius 1 is 1.40 bits per heavy atom. The lowest BCUT2D eigenvalue weighted by molar-refractivity contribution is -0.131. The Morgan fingerprint density at radius 2 is 2.10 bits per heavy atom. The molecule has 2 rings (SSSR count). The molecule has 1 saturated heterocycles. The number of carbonyl (C=O) groups is 2. The predicted octanol–water partition coefficient (Wildman–Crippen LogP) is 1.55. The highest BCUT2D eigenvalue weighted by atomic mass is 32.1. The number of nitrogens with one attached hydrogen (secondary N) is 1. The van der Waals surface area contributed by atoms with Crippen molar-refractivity contribution in [1.82, 2.24) is 15.1 Å². The topological polar surface area (TPSA) is 52.7 Å². The minimum absolute atomic E-state index is 0.0617. The van der Waals surface area contributed by atoms with Crippen LogP contribution in [0.5, 0.6) is 0 Å². The van der Waals surface area contributed by atoms with E-state index in [2.05, 4.69) is 5.32 Å². The summed E-state index contributed by atoms with van der Waals surface area (Å²) in [7, 11) is 3.46.